The van der Waals surface area contributed by atoms with E-state index in [2.05, 4.69) is 5.10 Å². The van der Waals surface area contributed by atoms with Crippen LogP contribution in [-0.4, -0.2) is 52.7 Å². The zero-order chi connectivity index (χ0) is 33.0. The van der Waals surface area contributed by atoms with Crippen LogP contribution in [0, 0.1) is 5.92 Å². The molecule has 2 aromatic rings. The van der Waals surface area contributed by atoms with Crippen molar-refractivity contribution in [2.75, 3.05) is 26.7 Å². The minimum Gasteiger partial charge on any atom is -0.396 e. The van der Waals surface area contributed by atoms with E-state index in [0.29, 0.717) is 37.2 Å². The van der Waals surface area contributed by atoms with Gasteiger partial charge in [0, 0.05) is 39.3 Å². The van der Waals surface area contributed by atoms with Crippen LogP contribution in [0.2, 0.25) is 0 Å². The molecule has 3 rings (SSSR count). The fourth-order valence-electron chi connectivity index (χ4n) is 5.43. The predicted molar refractivity (Wildman–Crippen MR) is 145 cm³/mol. The second kappa shape index (κ2) is 13.8. The maximum Gasteiger partial charge on any atom is 0.416 e. The lowest BCUT2D eigenvalue weighted by Gasteiger charge is -2.39. The number of hydrazine groups is 1. The average Bonchev–Trinajstić information content (AvgIpc) is 2.92. The Balaban J connectivity index is 2.15. The summed E-state index contributed by atoms with van der Waals surface area (Å²) in [5.74, 6) is 5.07. The van der Waals surface area contributed by atoms with E-state index in [1.54, 1.807) is 0 Å². The number of rotatable bonds is 9. The van der Waals surface area contributed by atoms with Crippen molar-refractivity contribution in [3.8, 4) is 0 Å². The van der Waals surface area contributed by atoms with Gasteiger partial charge in [-0.25, -0.2) is 11.0 Å². The Kier molecular flexibility index (Phi) is 11.1. The van der Waals surface area contributed by atoms with Crippen molar-refractivity contribution < 1.29 is 44.6 Å². The highest BCUT2D eigenvalue weighted by Crippen LogP contribution is 2.38. The van der Waals surface area contributed by atoms with Crippen LogP contribution in [0.1, 0.15) is 65.6 Å². The molecular weight excluding hydrogens is 607 g/mol. The molecular formula is C28H35F9N6O. The lowest BCUT2D eigenvalue weighted by Crippen LogP contribution is -2.41. The number of alkyl halides is 9. The second-order valence-corrected chi connectivity index (χ2v) is 10.8. The van der Waals surface area contributed by atoms with Gasteiger partial charge in [0.1, 0.15) is 0 Å². The number of nitrogens with two attached hydrogens (primary N) is 2. The molecule has 1 saturated heterocycles. The molecule has 1 heterocycles. The Hall–Kier alpha value is -3.24. The summed E-state index contributed by atoms with van der Waals surface area (Å²) in [6.07, 6.45) is -13.0. The highest BCUT2D eigenvalue weighted by atomic mass is 19.4. The third kappa shape index (κ3) is 9.14. The van der Waals surface area contributed by atoms with Gasteiger partial charge in [-0.1, -0.05) is 13.0 Å². The third-order valence-electron chi connectivity index (χ3n) is 7.43. The van der Waals surface area contributed by atoms with Gasteiger partial charge in [0.15, 0.2) is 0 Å². The Morgan fingerprint density at radius 3 is 2.05 bits per heavy atom. The van der Waals surface area contributed by atoms with E-state index in [1.807, 2.05) is 11.8 Å². The summed E-state index contributed by atoms with van der Waals surface area (Å²) in [6, 6.07) is 3.76. The molecule has 2 unspecified atom stereocenters. The van der Waals surface area contributed by atoms with E-state index >= 15 is 0 Å². The fraction of sp³-hybridized carbons (Fsp3) is 0.536. The van der Waals surface area contributed by atoms with Crippen molar-refractivity contribution >= 4 is 5.96 Å². The number of benzene rings is 2. The molecule has 0 saturated carbocycles. The minimum absolute atomic E-state index is 0.0199. The van der Waals surface area contributed by atoms with E-state index in [1.165, 1.54) is 13.1 Å². The molecule has 0 spiro atoms. The number of hydrogen-bond acceptors (Lipinski definition) is 5. The van der Waals surface area contributed by atoms with Crippen LogP contribution in [0.3, 0.4) is 0 Å². The summed E-state index contributed by atoms with van der Waals surface area (Å²) in [7, 11) is 1.26. The highest BCUT2D eigenvalue weighted by molar-refractivity contribution is 5.78. The van der Waals surface area contributed by atoms with Crippen LogP contribution in [0.15, 0.2) is 41.5 Å². The van der Waals surface area contributed by atoms with Crippen LogP contribution >= 0.6 is 0 Å². The van der Waals surface area contributed by atoms with Crippen molar-refractivity contribution in [1.82, 2.24) is 14.9 Å². The van der Waals surface area contributed by atoms with Crippen molar-refractivity contribution in [2.45, 2.75) is 63.8 Å². The summed E-state index contributed by atoms with van der Waals surface area (Å²) in [5, 5.41) is 14.3. The first-order valence-corrected chi connectivity index (χ1v) is 13.7. The first-order valence-electron chi connectivity index (χ1n) is 13.7. The van der Waals surface area contributed by atoms with Gasteiger partial charge < -0.3 is 15.7 Å². The zero-order valence-corrected chi connectivity index (χ0v) is 24.1. The van der Waals surface area contributed by atoms with Crippen LogP contribution in [0.5, 0.6) is 0 Å². The lowest BCUT2D eigenvalue weighted by atomic mass is 9.91. The number of likely N-dealkylation sites (tertiary alicyclic amines) is 1. The molecule has 44 heavy (non-hydrogen) atoms. The van der Waals surface area contributed by atoms with Crippen LogP contribution in [0.25, 0.3) is 0 Å². The molecule has 246 valence electrons. The molecule has 5 N–H and O–H groups in total. The van der Waals surface area contributed by atoms with Gasteiger partial charge in [0.25, 0.3) is 0 Å². The molecule has 1 aliphatic heterocycles. The van der Waals surface area contributed by atoms with Crippen molar-refractivity contribution in [3.63, 3.8) is 0 Å². The average molecular weight is 643 g/mol. The Labute approximate surface area is 248 Å². The van der Waals surface area contributed by atoms with Crippen LogP contribution < -0.4 is 11.6 Å². The zero-order valence-electron chi connectivity index (χ0n) is 24.1. The summed E-state index contributed by atoms with van der Waals surface area (Å²) in [4.78, 5) is 3.12. The van der Waals surface area contributed by atoms with Gasteiger partial charge in [-0.3, -0.25) is 4.90 Å². The molecule has 16 heteroatoms. The molecule has 1 aliphatic rings. The molecule has 0 aliphatic carbocycles. The molecule has 0 amide bonds. The van der Waals surface area contributed by atoms with E-state index in [-0.39, 0.29) is 24.2 Å². The topological polar surface area (TPSA) is 94.3 Å². The minimum atomic E-state index is -5.11. The van der Waals surface area contributed by atoms with Crippen molar-refractivity contribution in [3.05, 3.63) is 69.8 Å². The maximum atomic E-state index is 13.8. The lowest BCUT2D eigenvalue weighted by molar-refractivity contribution is -0.143. The SMILES string of the molecule is CCC(c1ccc(C(F)(F)F)cc1CN(Cc1cc(C(F)(F)F)cc(C(F)(F)F)c1)/C(N)=N/N(C)N)N1CCCC(CO)C1. The van der Waals surface area contributed by atoms with Gasteiger partial charge in [-0.2, -0.15) is 39.5 Å². The number of piperidine rings is 1. The second-order valence-electron chi connectivity index (χ2n) is 10.8. The summed E-state index contributed by atoms with van der Waals surface area (Å²) >= 11 is 0. The largest absolute Gasteiger partial charge is 0.416 e. The summed E-state index contributed by atoms with van der Waals surface area (Å²) < 4.78 is 123. The number of nitrogens with zero attached hydrogens (tertiary/aromatic N) is 4. The van der Waals surface area contributed by atoms with Crippen molar-refractivity contribution in [2.24, 2.45) is 22.6 Å². The first-order chi connectivity index (χ1) is 20.3. The first kappa shape index (κ1) is 35.2. The Morgan fingerprint density at radius 2 is 1.55 bits per heavy atom. The molecule has 0 radical (unpaired) electrons. The highest BCUT2D eigenvalue weighted by Gasteiger charge is 2.38. The van der Waals surface area contributed by atoms with Crippen LogP contribution in [0.4, 0.5) is 39.5 Å². The molecule has 0 aromatic heterocycles. The van der Waals surface area contributed by atoms with E-state index in [4.69, 9.17) is 11.6 Å². The molecule has 2 atom stereocenters. The number of aliphatic hydroxyl groups is 1. The number of halogens is 9. The van der Waals surface area contributed by atoms with Gasteiger partial charge in [-0.05, 0) is 78.7 Å². The molecule has 0 bridgehead atoms. The Bertz CT molecular complexity index is 1260. The van der Waals surface area contributed by atoms with E-state index in [0.717, 1.165) is 35.0 Å². The normalized spacial score (nSPS) is 17.9. The molecule has 1 fully saturated rings. The molecule has 7 nitrogen and oxygen atoms in total. The monoisotopic (exact) mass is 642 g/mol. The number of aliphatic hydroxyl groups excluding tert-OH is 1. The van der Waals surface area contributed by atoms with E-state index < -0.39 is 65.9 Å². The van der Waals surface area contributed by atoms with Gasteiger partial charge >= 0.3 is 18.5 Å². The van der Waals surface area contributed by atoms with Gasteiger partial charge in [0.05, 0.1) is 16.7 Å². The quantitative estimate of drug-likeness (QED) is 0.103. The summed E-state index contributed by atoms with van der Waals surface area (Å²) in [6.45, 7) is 1.77. The van der Waals surface area contributed by atoms with Crippen LogP contribution in [-0.2, 0) is 31.6 Å². The number of hydrogen-bond donors (Lipinski definition) is 3. The standard InChI is InChI=1S/C28H35F9N6O/c1-3-24(42-8-4-5-17(13-42)16-44)23-7-6-20(26(29,30)31)11-19(23)15-43(25(38)40-41(2)39)14-18-9-21(27(32,33)34)12-22(10-18)28(35,36)37/h6-7,9-12,17,24,44H,3-5,8,13-16,39H2,1-2H3,(H2,38,40). The maximum absolute atomic E-state index is 13.8. The van der Waals surface area contributed by atoms with Crippen molar-refractivity contribution in [1.29, 1.82) is 0 Å². The smallest absolute Gasteiger partial charge is 0.396 e. The van der Waals surface area contributed by atoms with Gasteiger partial charge in [-0.15, -0.1) is 5.10 Å². The van der Waals surface area contributed by atoms with Gasteiger partial charge in [0.2, 0.25) is 5.96 Å². The number of hydrazone groups is 1. The third-order valence-corrected chi connectivity index (χ3v) is 7.43. The fourth-order valence-corrected chi connectivity index (χ4v) is 5.43. The molecule has 2 aromatic carbocycles. The van der Waals surface area contributed by atoms with E-state index in [9.17, 15) is 44.6 Å². The predicted octanol–water partition coefficient (Wildman–Crippen LogP) is 5.94. The Morgan fingerprint density at radius 1 is 0.955 bits per heavy atom. The summed E-state index contributed by atoms with van der Waals surface area (Å²) in [5.41, 5.74) is 2.09. The number of guanidine groups is 1.